The molecule has 1 saturated heterocycles. The van der Waals surface area contributed by atoms with Gasteiger partial charge in [0.05, 0.1) is 17.5 Å². The molecule has 6 nitrogen and oxygen atoms in total. The largest absolute Gasteiger partial charge is 0.323 e. The minimum Gasteiger partial charge on any atom is -0.320 e. The van der Waals surface area contributed by atoms with Gasteiger partial charge in [-0.1, -0.05) is 0 Å². The molecule has 1 unspecified atom stereocenters. The predicted octanol–water partition coefficient (Wildman–Crippen LogP) is 2.39. The summed E-state index contributed by atoms with van der Waals surface area (Å²) in [6.45, 7) is 0.495. The van der Waals surface area contributed by atoms with E-state index in [-0.39, 0.29) is 23.6 Å². The number of sulfone groups is 1. The minimum absolute atomic E-state index is 0.0978. The lowest BCUT2D eigenvalue weighted by molar-refractivity contribution is 0.187. The molecule has 3 aliphatic rings. The van der Waals surface area contributed by atoms with Crippen molar-refractivity contribution in [3.8, 4) is 0 Å². The number of aromatic nitrogens is 1. The Morgan fingerprint density at radius 2 is 2.04 bits per heavy atom. The molecule has 24 heavy (non-hydrogen) atoms. The van der Waals surface area contributed by atoms with Crippen LogP contribution in [0.4, 0.5) is 10.6 Å². The average molecular weight is 349 g/mol. The summed E-state index contributed by atoms with van der Waals surface area (Å²) >= 11 is 0. The van der Waals surface area contributed by atoms with E-state index < -0.39 is 9.84 Å². The maximum atomic E-state index is 12.8. The molecule has 1 atom stereocenters. The van der Waals surface area contributed by atoms with E-state index in [0.29, 0.717) is 30.6 Å². The van der Waals surface area contributed by atoms with E-state index in [4.69, 9.17) is 0 Å². The fourth-order valence-corrected chi connectivity index (χ4v) is 5.25. The minimum atomic E-state index is -3.06. The monoisotopic (exact) mass is 349 g/mol. The van der Waals surface area contributed by atoms with Gasteiger partial charge >= 0.3 is 6.03 Å². The number of urea groups is 1. The van der Waals surface area contributed by atoms with Gasteiger partial charge in [0.2, 0.25) is 0 Å². The van der Waals surface area contributed by atoms with Crippen molar-refractivity contribution in [2.75, 3.05) is 23.4 Å². The van der Waals surface area contributed by atoms with E-state index in [1.54, 1.807) is 11.1 Å². The molecule has 2 heterocycles. The van der Waals surface area contributed by atoms with Crippen molar-refractivity contribution in [2.24, 2.45) is 5.92 Å². The number of nitrogens with one attached hydrogen (secondary N) is 1. The van der Waals surface area contributed by atoms with Crippen LogP contribution in [0.15, 0.2) is 18.3 Å². The quantitative estimate of drug-likeness (QED) is 0.909. The lowest BCUT2D eigenvalue weighted by atomic mass is 10.1. The lowest BCUT2D eigenvalue weighted by Crippen LogP contribution is -2.46. The fraction of sp³-hybridized carbons (Fsp3) is 0.647. The van der Waals surface area contributed by atoms with Gasteiger partial charge in [-0.15, -0.1) is 0 Å². The number of rotatable bonds is 3. The van der Waals surface area contributed by atoms with E-state index >= 15 is 0 Å². The number of anilines is 1. The Kier molecular flexibility index (Phi) is 3.98. The van der Waals surface area contributed by atoms with Crippen molar-refractivity contribution < 1.29 is 13.2 Å². The van der Waals surface area contributed by atoms with Crippen molar-refractivity contribution in [2.45, 2.75) is 44.1 Å². The Morgan fingerprint density at radius 1 is 1.25 bits per heavy atom. The smallest absolute Gasteiger partial charge is 0.320 e. The highest BCUT2D eigenvalue weighted by Crippen LogP contribution is 2.40. The van der Waals surface area contributed by atoms with E-state index in [0.717, 1.165) is 12.8 Å². The molecule has 3 fully saturated rings. The molecule has 4 rings (SSSR count). The molecule has 2 amide bonds. The summed E-state index contributed by atoms with van der Waals surface area (Å²) in [5, 5.41) is 2.88. The van der Waals surface area contributed by atoms with Gasteiger partial charge in [0.15, 0.2) is 9.84 Å². The maximum Gasteiger partial charge on any atom is 0.323 e. The van der Waals surface area contributed by atoms with Gasteiger partial charge in [-0.25, -0.2) is 18.2 Å². The number of pyridine rings is 1. The summed E-state index contributed by atoms with van der Waals surface area (Å²) in [7, 11) is -3.06. The Bertz CT molecular complexity index is 741. The van der Waals surface area contributed by atoms with Gasteiger partial charge in [0, 0.05) is 12.7 Å². The maximum absolute atomic E-state index is 12.8. The first-order valence-corrected chi connectivity index (χ1v) is 10.6. The Balaban J connectivity index is 1.50. The van der Waals surface area contributed by atoms with Crippen molar-refractivity contribution in [3.63, 3.8) is 0 Å². The molecular formula is C17H23N3O3S. The van der Waals surface area contributed by atoms with Gasteiger partial charge in [-0.3, -0.25) is 5.32 Å². The Morgan fingerprint density at radius 3 is 2.75 bits per heavy atom. The summed E-state index contributed by atoms with van der Waals surface area (Å²) in [4.78, 5) is 18.7. The predicted molar refractivity (Wildman–Crippen MR) is 91.7 cm³/mol. The molecule has 0 spiro atoms. The molecule has 0 aromatic carbocycles. The summed E-state index contributed by atoms with van der Waals surface area (Å²) in [6.07, 6.45) is 6.66. The van der Waals surface area contributed by atoms with Crippen LogP contribution in [0.3, 0.4) is 0 Å². The van der Waals surface area contributed by atoms with Crippen molar-refractivity contribution in [1.29, 1.82) is 0 Å². The highest BCUT2D eigenvalue weighted by atomic mass is 32.2. The van der Waals surface area contributed by atoms with Crippen LogP contribution in [-0.2, 0) is 9.84 Å². The van der Waals surface area contributed by atoms with Crippen LogP contribution in [-0.4, -0.2) is 48.4 Å². The molecule has 2 saturated carbocycles. The molecule has 1 aromatic rings. The topological polar surface area (TPSA) is 79.4 Å². The summed E-state index contributed by atoms with van der Waals surface area (Å²) in [5.74, 6) is 1.77. The molecule has 130 valence electrons. The molecule has 0 bridgehead atoms. The van der Waals surface area contributed by atoms with Crippen LogP contribution >= 0.6 is 0 Å². The summed E-state index contributed by atoms with van der Waals surface area (Å²) < 4.78 is 24.2. The van der Waals surface area contributed by atoms with Gasteiger partial charge in [-0.2, -0.15) is 0 Å². The first-order valence-electron chi connectivity index (χ1n) is 8.76. The zero-order valence-electron chi connectivity index (χ0n) is 13.6. The second kappa shape index (κ2) is 6.02. The number of amides is 2. The normalized spacial score (nSPS) is 26.7. The number of hydrogen-bond donors (Lipinski definition) is 1. The molecule has 7 heteroatoms. The van der Waals surface area contributed by atoms with Crippen LogP contribution in [0.2, 0.25) is 0 Å². The van der Waals surface area contributed by atoms with Crippen molar-refractivity contribution in [3.05, 3.63) is 23.9 Å². The average Bonchev–Trinajstić information content (AvgIpc) is 3.39. The summed E-state index contributed by atoms with van der Waals surface area (Å²) in [5.41, 5.74) is 1.22. The number of carbonyl (C=O) groups excluding carboxylic acids is 1. The molecule has 1 aromatic heterocycles. The zero-order chi connectivity index (χ0) is 16.7. The molecular weight excluding hydrogens is 326 g/mol. The molecule has 0 radical (unpaired) electrons. The van der Waals surface area contributed by atoms with Gasteiger partial charge < -0.3 is 4.90 Å². The first-order chi connectivity index (χ1) is 11.5. The van der Waals surface area contributed by atoms with E-state index in [1.165, 1.54) is 18.4 Å². The Labute approximate surface area is 142 Å². The second-order valence-corrected chi connectivity index (χ2v) is 9.47. The third kappa shape index (κ3) is 3.55. The third-order valence-electron chi connectivity index (χ3n) is 5.17. The van der Waals surface area contributed by atoms with Crippen molar-refractivity contribution in [1.82, 2.24) is 9.88 Å². The number of carbonyl (C=O) groups is 1. The van der Waals surface area contributed by atoms with Gasteiger partial charge in [0.25, 0.3) is 0 Å². The van der Waals surface area contributed by atoms with E-state index in [1.807, 2.05) is 12.1 Å². The summed E-state index contributed by atoms with van der Waals surface area (Å²) in [6, 6.07) is 3.53. The lowest BCUT2D eigenvalue weighted by Gasteiger charge is -2.29. The van der Waals surface area contributed by atoms with Crippen LogP contribution in [0.1, 0.15) is 43.6 Å². The van der Waals surface area contributed by atoms with Crippen LogP contribution in [0.25, 0.3) is 0 Å². The second-order valence-electron chi connectivity index (χ2n) is 7.24. The SMILES string of the molecule is O=C(Nc1cc(C2CC2)ccn1)N1CCCS(=O)(=O)CC1C1CC1. The molecule has 1 aliphatic heterocycles. The number of hydrogen-bond acceptors (Lipinski definition) is 4. The molecule has 2 aliphatic carbocycles. The fourth-order valence-electron chi connectivity index (χ4n) is 3.55. The van der Waals surface area contributed by atoms with Crippen LogP contribution in [0, 0.1) is 5.92 Å². The molecule has 1 N–H and O–H groups in total. The zero-order valence-corrected chi connectivity index (χ0v) is 14.5. The highest BCUT2D eigenvalue weighted by Gasteiger charge is 2.41. The number of nitrogens with zero attached hydrogens (tertiary/aromatic N) is 2. The first kappa shape index (κ1) is 15.9. The van der Waals surface area contributed by atoms with Gasteiger partial charge in [0.1, 0.15) is 5.82 Å². The van der Waals surface area contributed by atoms with E-state index in [2.05, 4.69) is 10.3 Å². The Hall–Kier alpha value is -1.63. The third-order valence-corrected chi connectivity index (χ3v) is 6.93. The van der Waals surface area contributed by atoms with E-state index in [9.17, 15) is 13.2 Å². The van der Waals surface area contributed by atoms with Gasteiger partial charge in [-0.05, 0) is 61.6 Å². The highest BCUT2D eigenvalue weighted by molar-refractivity contribution is 7.91. The van der Waals surface area contributed by atoms with Crippen LogP contribution in [0.5, 0.6) is 0 Å². The van der Waals surface area contributed by atoms with Crippen LogP contribution < -0.4 is 5.32 Å². The van der Waals surface area contributed by atoms with Crippen molar-refractivity contribution >= 4 is 21.7 Å². The standard InChI is InChI=1S/C17H23N3O3S/c21-17(19-16-10-14(6-7-18-16)12-2-3-12)20-8-1-9-24(22,23)11-15(20)13-4-5-13/h6-7,10,12-13,15H,1-5,8-9,11H2,(H,18,19,21).